The van der Waals surface area contributed by atoms with Crippen LogP contribution in [-0.2, 0) is 13.0 Å². The highest BCUT2D eigenvalue weighted by Crippen LogP contribution is 2.42. The van der Waals surface area contributed by atoms with E-state index in [1.807, 2.05) is 0 Å². The van der Waals surface area contributed by atoms with Crippen LogP contribution in [0.25, 0.3) is 10.9 Å². The fourth-order valence-corrected chi connectivity index (χ4v) is 3.69. The summed E-state index contributed by atoms with van der Waals surface area (Å²) >= 11 is 0. The molecule has 2 aliphatic rings. The van der Waals surface area contributed by atoms with Crippen LogP contribution in [-0.4, -0.2) is 15.5 Å². The summed E-state index contributed by atoms with van der Waals surface area (Å²) in [4.78, 5) is 30.0. The number of fused-ring (bicyclic) bond motifs is 2. The van der Waals surface area contributed by atoms with Crippen molar-refractivity contribution in [3.05, 3.63) is 58.0 Å². The third kappa shape index (κ3) is 2.53. The van der Waals surface area contributed by atoms with Gasteiger partial charge in [-0.3, -0.25) is 14.2 Å². The zero-order valence-electron chi connectivity index (χ0n) is 14.3. The number of carbonyl (C=O) groups is 1. The Morgan fingerprint density at radius 3 is 2.96 bits per heavy atom. The van der Waals surface area contributed by atoms with Crippen LogP contribution in [0.5, 0.6) is 0 Å². The number of nitrogens with one attached hydrogen (secondary N) is 1. The lowest BCUT2D eigenvalue weighted by Gasteiger charge is -2.18. The van der Waals surface area contributed by atoms with E-state index in [2.05, 4.69) is 10.3 Å². The maximum atomic E-state index is 12.8. The number of aromatic nitrogens is 2. The molecule has 132 valence electrons. The lowest BCUT2D eigenvalue weighted by molar-refractivity contribution is 0.102. The predicted molar refractivity (Wildman–Crippen MR) is 97.6 cm³/mol. The normalized spacial score (nSPS) is 16.5. The van der Waals surface area contributed by atoms with Gasteiger partial charge in [-0.2, -0.15) is 0 Å². The highest BCUT2D eigenvalue weighted by molar-refractivity contribution is 6.05. The predicted octanol–water partition coefficient (Wildman–Crippen LogP) is 3.46. The molecule has 0 spiro atoms. The van der Waals surface area contributed by atoms with Crippen molar-refractivity contribution in [2.45, 2.75) is 44.6 Å². The lowest BCUT2D eigenvalue weighted by Crippen LogP contribution is -2.28. The first-order chi connectivity index (χ1) is 12.7. The van der Waals surface area contributed by atoms with Gasteiger partial charge in [0.1, 0.15) is 11.6 Å². The van der Waals surface area contributed by atoms with Gasteiger partial charge in [-0.25, -0.2) is 4.98 Å². The minimum absolute atomic E-state index is 0.0252. The first-order valence-electron chi connectivity index (χ1n) is 9.13. The molecule has 1 saturated carbocycles. The van der Waals surface area contributed by atoms with Crippen molar-refractivity contribution in [3.63, 3.8) is 0 Å². The molecule has 0 bridgehead atoms. The van der Waals surface area contributed by atoms with Gasteiger partial charge in [-0.1, -0.05) is 0 Å². The van der Waals surface area contributed by atoms with Crippen molar-refractivity contribution in [1.29, 1.82) is 0 Å². The minimum atomic E-state index is -0.203. The van der Waals surface area contributed by atoms with Crippen molar-refractivity contribution in [3.8, 4) is 0 Å². The smallest absolute Gasteiger partial charge is 0.261 e. The van der Waals surface area contributed by atoms with Gasteiger partial charge in [0.25, 0.3) is 11.5 Å². The van der Waals surface area contributed by atoms with E-state index in [1.54, 1.807) is 35.1 Å². The topological polar surface area (TPSA) is 77.1 Å². The lowest BCUT2D eigenvalue weighted by atomic mass is 10.1. The number of hydrogen-bond acceptors (Lipinski definition) is 4. The molecule has 6 nitrogen and oxygen atoms in total. The molecular weight excluding hydrogens is 330 g/mol. The maximum Gasteiger partial charge on any atom is 0.261 e. The Morgan fingerprint density at radius 2 is 2.12 bits per heavy atom. The minimum Gasteiger partial charge on any atom is -0.468 e. The Balaban J connectivity index is 1.49. The van der Waals surface area contributed by atoms with Crippen LogP contribution >= 0.6 is 0 Å². The van der Waals surface area contributed by atoms with Gasteiger partial charge in [0, 0.05) is 24.6 Å². The van der Waals surface area contributed by atoms with Gasteiger partial charge in [0.15, 0.2) is 0 Å². The number of furan rings is 1. The molecule has 1 fully saturated rings. The Kier molecular flexibility index (Phi) is 3.45. The second-order valence-electron chi connectivity index (χ2n) is 7.10. The van der Waals surface area contributed by atoms with Crippen molar-refractivity contribution in [1.82, 2.24) is 9.55 Å². The second-order valence-corrected chi connectivity index (χ2v) is 7.10. The number of benzene rings is 1. The molecule has 0 radical (unpaired) electrons. The molecule has 1 N–H and O–H groups in total. The van der Waals surface area contributed by atoms with Gasteiger partial charge in [0.05, 0.1) is 22.7 Å². The summed E-state index contributed by atoms with van der Waals surface area (Å²) in [6.45, 7) is 0.716. The summed E-state index contributed by atoms with van der Waals surface area (Å²) in [5.74, 6) is 1.78. The Bertz CT molecular complexity index is 1080. The number of carbonyl (C=O) groups excluding carboxylic acids is 1. The summed E-state index contributed by atoms with van der Waals surface area (Å²) in [5, 5.41) is 3.44. The monoisotopic (exact) mass is 349 g/mol. The highest BCUT2D eigenvalue weighted by Gasteiger charge is 2.31. The SMILES string of the molecule is O=C(Nc1ccc2nc3n(c(=O)c2c1)CCCC3)c1ccoc1C1CC1. The average Bonchev–Trinajstić information content (AvgIpc) is 3.38. The maximum absolute atomic E-state index is 12.8. The molecular formula is C20H19N3O3. The Morgan fingerprint density at radius 1 is 1.23 bits per heavy atom. The third-order valence-corrected chi connectivity index (χ3v) is 5.21. The molecule has 1 aliphatic carbocycles. The molecule has 2 aromatic heterocycles. The van der Waals surface area contributed by atoms with Crippen molar-refractivity contribution >= 4 is 22.5 Å². The highest BCUT2D eigenvalue weighted by atomic mass is 16.3. The van der Waals surface area contributed by atoms with Gasteiger partial charge < -0.3 is 9.73 Å². The summed E-state index contributed by atoms with van der Waals surface area (Å²) in [6, 6.07) is 7.03. The molecule has 0 saturated heterocycles. The molecule has 1 aromatic carbocycles. The van der Waals surface area contributed by atoms with E-state index in [4.69, 9.17) is 4.42 Å². The summed E-state index contributed by atoms with van der Waals surface area (Å²) in [7, 11) is 0. The standard InChI is InChI=1S/C20H19N3O3/c24-19(14-8-10-26-18(14)12-4-5-12)21-13-6-7-16-15(11-13)20(25)23-9-2-1-3-17(23)22-16/h6-8,10-12H,1-5,9H2,(H,21,24). The van der Waals surface area contributed by atoms with E-state index in [9.17, 15) is 9.59 Å². The van der Waals surface area contributed by atoms with Crippen molar-refractivity contribution < 1.29 is 9.21 Å². The number of rotatable bonds is 3. The Hall–Kier alpha value is -2.89. The molecule has 0 atom stereocenters. The summed E-state index contributed by atoms with van der Waals surface area (Å²) < 4.78 is 7.24. The molecule has 3 aromatic rings. The van der Waals surface area contributed by atoms with Crippen LogP contribution in [0.2, 0.25) is 0 Å². The van der Waals surface area contributed by atoms with Crippen molar-refractivity contribution in [2.24, 2.45) is 0 Å². The molecule has 0 unspecified atom stereocenters. The zero-order valence-corrected chi connectivity index (χ0v) is 14.3. The number of hydrogen-bond donors (Lipinski definition) is 1. The first-order valence-corrected chi connectivity index (χ1v) is 9.13. The largest absolute Gasteiger partial charge is 0.468 e. The van der Waals surface area contributed by atoms with Crippen LogP contribution in [0.15, 0.2) is 39.7 Å². The zero-order chi connectivity index (χ0) is 17.7. The van der Waals surface area contributed by atoms with Gasteiger partial charge in [-0.05, 0) is 49.9 Å². The Labute approximate surface area is 149 Å². The number of aryl methyl sites for hydroxylation is 1. The van der Waals surface area contributed by atoms with E-state index in [1.165, 1.54) is 0 Å². The average molecular weight is 349 g/mol. The van der Waals surface area contributed by atoms with Gasteiger partial charge >= 0.3 is 0 Å². The van der Waals surface area contributed by atoms with E-state index >= 15 is 0 Å². The molecule has 1 aliphatic heterocycles. The van der Waals surface area contributed by atoms with Crippen molar-refractivity contribution in [2.75, 3.05) is 5.32 Å². The first kappa shape index (κ1) is 15.4. The van der Waals surface area contributed by atoms with E-state index < -0.39 is 0 Å². The van der Waals surface area contributed by atoms with Gasteiger partial charge in [0.2, 0.25) is 0 Å². The van der Waals surface area contributed by atoms with E-state index in [0.29, 0.717) is 34.6 Å². The number of anilines is 1. The fourth-order valence-electron chi connectivity index (χ4n) is 3.69. The fraction of sp³-hybridized carbons (Fsp3) is 0.350. The molecule has 6 heteroatoms. The quantitative estimate of drug-likeness (QED) is 0.785. The van der Waals surface area contributed by atoms with Crippen LogP contribution < -0.4 is 10.9 Å². The van der Waals surface area contributed by atoms with Crippen LogP contribution in [0.4, 0.5) is 5.69 Å². The van der Waals surface area contributed by atoms with E-state index in [-0.39, 0.29) is 11.5 Å². The van der Waals surface area contributed by atoms with Crippen LogP contribution in [0.3, 0.4) is 0 Å². The van der Waals surface area contributed by atoms with E-state index in [0.717, 1.165) is 43.7 Å². The molecule has 1 amide bonds. The summed E-state index contributed by atoms with van der Waals surface area (Å²) in [6.07, 6.45) is 6.61. The number of amides is 1. The van der Waals surface area contributed by atoms with Crippen LogP contribution in [0, 0.1) is 0 Å². The third-order valence-electron chi connectivity index (χ3n) is 5.21. The summed E-state index contributed by atoms with van der Waals surface area (Å²) in [5.41, 5.74) is 1.83. The van der Waals surface area contributed by atoms with Gasteiger partial charge in [-0.15, -0.1) is 0 Å². The second kappa shape index (κ2) is 5.83. The number of nitrogens with zero attached hydrogens (tertiary/aromatic N) is 2. The molecule has 26 heavy (non-hydrogen) atoms. The molecule has 3 heterocycles. The molecule has 5 rings (SSSR count). The van der Waals surface area contributed by atoms with Crippen LogP contribution in [0.1, 0.15) is 53.5 Å².